The summed E-state index contributed by atoms with van der Waals surface area (Å²) in [6, 6.07) is 8.09. The summed E-state index contributed by atoms with van der Waals surface area (Å²) in [4.78, 5) is 26.9. The molecule has 0 amide bonds. The molecule has 1 saturated heterocycles. The van der Waals surface area contributed by atoms with Gasteiger partial charge < -0.3 is 4.90 Å². The SMILES string of the molecule is CC(=O)[C@@]12CCC[C@@H](CN(c3ccc(Br)cc3)C1)C2=O. The molecule has 2 fully saturated rings. The lowest BCUT2D eigenvalue weighted by Gasteiger charge is -2.47. The number of benzene rings is 1. The first-order valence-corrected chi connectivity index (χ1v) is 7.88. The molecule has 0 spiro atoms. The van der Waals surface area contributed by atoms with Gasteiger partial charge in [-0.25, -0.2) is 0 Å². The van der Waals surface area contributed by atoms with Gasteiger partial charge in [-0.3, -0.25) is 9.59 Å². The fourth-order valence-corrected chi connectivity index (χ4v) is 3.86. The number of nitrogens with zero attached hydrogens (tertiary/aromatic N) is 1. The van der Waals surface area contributed by atoms with Crippen LogP contribution in [0.1, 0.15) is 26.2 Å². The van der Waals surface area contributed by atoms with Crippen molar-refractivity contribution in [3.63, 3.8) is 0 Å². The van der Waals surface area contributed by atoms with Crippen LogP contribution in [0.15, 0.2) is 28.7 Å². The minimum absolute atomic E-state index is 0.0186. The minimum atomic E-state index is -0.756. The predicted octanol–water partition coefficient (Wildman–Crippen LogP) is 3.21. The van der Waals surface area contributed by atoms with Crippen molar-refractivity contribution in [3.05, 3.63) is 28.7 Å². The Balaban J connectivity index is 1.95. The molecule has 2 aliphatic rings. The molecule has 3 rings (SSSR count). The summed E-state index contributed by atoms with van der Waals surface area (Å²) in [5.41, 5.74) is 0.340. The highest BCUT2D eigenvalue weighted by atomic mass is 79.9. The van der Waals surface area contributed by atoms with Crippen molar-refractivity contribution < 1.29 is 9.59 Å². The van der Waals surface area contributed by atoms with Gasteiger partial charge in [-0.15, -0.1) is 0 Å². The number of carbonyl (C=O) groups is 2. The van der Waals surface area contributed by atoms with Gasteiger partial charge in [0, 0.05) is 29.2 Å². The Kier molecular flexibility index (Phi) is 3.44. The van der Waals surface area contributed by atoms with E-state index in [2.05, 4.69) is 20.8 Å². The van der Waals surface area contributed by atoms with E-state index in [0.717, 1.165) is 29.5 Å². The maximum absolute atomic E-state index is 12.5. The van der Waals surface area contributed by atoms with Gasteiger partial charge in [-0.1, -0.05) is 22.4 Å². The second kappa shape index (κ2) is 4.99. The molecule has 1 saturated carbocycles. The van der Waals surface area contributed by atoms with Crippen molar-refractivity contribution >= 4 is 33.2 Å². The Morgan fingerprint density at radius 1 is 1.35 bits per heavy atom. The summed E-state index contributed by atoms with van der Waals surface area (Å²) < 4.78 is 1.04. The van der Waals surface area contributed by atoms with Gasteiger partial charge in [0.15, 0.2) is 5.78 Å². The molecule has 1 aliphatic carbocycles. The number of anilines is 1. The Hall–Kier alpha value is -1.16. The molecule has 0 radical (unpaired) electrons. The molecular weight excluding hydrogens is 318 g/mol. The Bertz CT molecular complexity index is 554. The maximum atomic E-state index is 12.5. The second-order valence-electron chi connectivity index (χ2n) is 5.95. The fraction of sp³-hybridized carbons (Fsp3) is 0.500. The zero-order chi connectivity index (χ0) is 14.3. The minimum Gasteiger partial charge on any atom is -0.369 e. The summed E-state index contributed by atoms with van der Waals surface area (Å²) in [5.74, 6) is 0.240. The summed E-state index contributed by atoms with van der Waals surface area (Å²) in [7, 11) is 0. The van der Waals surface area contributed by atoms with Crippen LogP contribution < -0.4 is 4.90 Å². The average Bonchev–Trinajstić information content (AvgIpc) is 2.39. The Morgan fingerprint density at radius 2 is 2.05 bits per heavy atom. The molecule has 2 atom stereocenters. The lowest BCUT2D eigenvalue weighted by atomic mass is 9.63. The summed E-state index contributed by atoms with van der Waals surface area (Å²) >= 11 is 3.43. The number of fused-ring (bicyclic) bond motifs is 2. The number of rotatable bonds is 2. The van der Waals surface area contributed by atoms with E-state index in [1.165, 1.54) is 0 Å². The number of hydrogen-bond donors (Lipinski definition) is 0. The highest BCUT2D eigenvalue weighted by Crippen LogP contribution is 2.43. The van der Waals surface area contributed by atoms with Gasteiger partial charge in [0.1, 0.15) is 11.2 Å². The predicted molar refractivity (Wildman–Crippen MR) is 81.8 cm³/mol. The van der Waals surface area contributed by atoms with Gasteiger partial charge in [0.25, 0.3) is 0 Å². The second-order valence-corrected chi connectivity index (χ2v) is 6.86. The molecule has 1 aromatic rings. The van der Waals surface area contributed by atoms with Crippen molar-refractivity contribution in [2.24, 2.45) is 11.3 Å². The molecule has 3 nitrogen and oxygen atoms in total. The zero-order valence-corrected chi connectivity index (χ0v) is 13.1. The molecule has 1 heterocycles. The third kappa shape index (κ3) is 2.10. The van der Waals surface area contributed by atoms with E-state index in [4.69, 9.17) is 0 Å². The van der Waals surface area contributed by atoms with Gasteiger partial charge in [0.2, 0.25) is 0 Å². The molecule has 2 bridgehead atoms. The molecule has 0 unspecified atom stereocenters. The largest absolute Gasteiger partial charge is 0.369 e. The molecular formula is C16H18BrNO2. The molecule has 1 aromatic carbocycles. The van der Waals surface area contributed by atoms with Crippen molar-refractivity contribution in [1.82, 2.24) is 0 Å². The van der Waals surface area contributed by atoms with Gasteiger partial charge in [-0.05, 0) is 44.0 Å². The first-order valence-electron chi connectivity index (χ1n) is 7.09. The van der Waals surface area contributed by atoms with Crippen LogP contribution in [0.3, 0.4) is 0 Å². The first kappa shape index (κ1) is 13.8. The number of Topliss-reactive ketones (excluding diaryl/α,β-unsaturated/α-hetero) is 2. The summed E-state index contributed by atoms with van der Waals surface area (Å²) in [6.45, 7) is 2.86. The highest BCUT2D eigenvalue weighted by molar-refractivity contribution is 9.10. The van der Waals surface area contributed by atoms with E-state index in [-0.39, 0.29) is 17.5 Å². The fourth-order valence-electron chi connectivity index (χ4n) is 3.59. The van der Waals surface area contributed by atoms with Gasteiger partial charge >= 0.3 is 0 Å². The Labute approximate surface area is 127 Å². The monoisotopic (exact) mass is 335 g/mol. The number of halogens is 1. The van der Waals surface area contributed by atoms with Crippen LogP contribution >= 0.6 is 15.9 Å². The third-order valence-electron chi connectivity index (χ3n) is 4.77. The number of piperidine rings is 1. The van der Waals surface area contributed by atoms with Crippen LogP contribution in [0.2, 0.25) is 0 Å². The Morgan fingerprint density at radius 3 is 2.70 bits per heavy atom. The number of carbonyl (C=O) groups excluding carboxylic acids is 2. The van der Waals surface area contributed by atoms with Gasteiger partial charge in [-0.2, -0.15) is 0 Å². The van der Waals surface area contributed by atoms with Crippen LogP contribution in [0.5, 0.6) is 0 Å². The van der Waals surface area contributed by atoms with Crippen LogP contribution in [0.4, 0.5) is 5.69 Å². The number of ketones is 2. The van der Waals surface area contributed by atoms with Crippen molar-refractivity contribution in [2.45, 2.75) is 26.2 Å². The highest BCUT2D eigenvalue weighted by Gasteiger charge is 2.52. The van der Waals surface area contributed by atoms with Crippen molar-refractivity contribution in [3.8, 4) is 0 Å². The van der Waals surface area contributed by atoms with E-state index in [1.54, 1.807) is 6.92 Å². The van der Waals surface area contributed by atoms with Crippen LogP contribution in [0.25, 0.3) is 0 Å². The molecule has 4 heteroatoms. The van der Waals surface area contributed by atoms with E-state index < -0.39 is 5.41 Å². The lowest BCUT2D eigenvalue weighted by molar-refractivity contribution is -0.146. The summed E-state index contributed by atoms with van der Waals surface area (Å²) in [6.07, 6.45) is 2.62. The third-order valence-corrected chi connectivity index (χ3v) is 5.29. The van der Waals surface area contributed by atoms with Crippen molar-refractivity contribution in [2.75, 3.05) is 18.0 Å². The molecule has 1 aliphatic heterocycles. The van der Waals surface area contributed by atoms with Crippen LogP contribution in [-0.4, -0.2) is 24.7 Å². The van der Waals surface area contributed by atoms with Crippen LogP contribution in [0, 0.1) is 11.3 Å². The normalized spacial score (nSPS) is 29.4. The van der Waals surface area contributed by atoms with Gasteiger partial charge in [0.05, 0.1) is 0 Å². The molecule has 0 aromatic heterocycles. The molecule has 20 heavy (non-hydrogen) atoms. The topological polar surface area (TPSA) is 37.4 Å². The lowest BCUT2D eigenvalue weighted by Crippen LogP contribution is -2.59. The first-order chi connectivity index (χ1) is 9.53. The van der Waals surface area contributed by atoms with E-state index in [9.17, 15) is 9.59 Å². The van der Waals surface area contributed by atoms with E-state index in [1.807, 2.05) is 24.3 Å². The van der Waals surface area contributed by atoms with E-state index in [0.29, 0.717) is 13.0 Å². The zero-order valence-electron chi connectivity index (χ0n) is 11.6. The average molecular weight is 336 g/mol. The summed E-state index contributed by atoms with van der Waals surface area (Å²) in [5, 5.41) is 0. The molecule has 0 N–H and O–H groups in total. The smallest absolute Gasteiger partial charge is 0.153 e. The van der Waals surface area contributed by atoms with Crippen LogP contribution in [-0.2, 0) is 9.59 Å². The van der Waals surface area contributed by atoms with E-state index >= 15 is 0 Å². The standard InChI is InChI=1S/C16H18BrNO2/c1-11(19)16-8-2-3-12(15(16)20)9-18(10-16)14-6-4-13(17)5-7-14/h4-7,12H,2-3,8-10H2,1H3/t12-,16+/m0/s1. The van der Waals surface area contributed by atoms with Crippen molar-refractivity contribution in [1.29, 1.82) is 0 Å². The molecule has 106 valence electrons. The quantitative estimate of drug-likeness (QED) is 0.779. The maximum Gasteiger partial charge on any atom is 0.153 e. The number of hydrogen-bond acceptors (Lipinski definition) is 3.